The summed E-state index contributed by atoms with van der Waals surface area (Å²) in [5, 5.41) is 3.02. The highest BCUT2D eigenvalue weighted by Crippen LogP contribution is 2.37. The summed E-state index contributed by atoms with van der Waals surface area (Å²) < 4.78 is 43.4. The number of hydrogen-bond donors (Lipinski definition) is 1. The second kappa shape index (κ2) is 8.27. The molecule has 7 nitrogen and oxygen atoms in total. The summed E-state index contributed by atoms with van der Waals surface area (Å²) >= 11 is 1.28. The fourth-order valence-electron chi connectivity index (χ4n) is 3.44. The van der Waals surface area contributed by atoms with Gasteiger partial charge >= 0.3 is 0 Å². The number of sulfone groups is 1. The summed E-state index contributed by atoms with van der Waals surface area (Å²) in [6.45, 7) is -0.170. The molecule has 2 aliphatic heterocycles. The molecule has 2 heterocycles. The van der Waals surface area contributed by atoms with E-state index >= 15 is 0 Å². The summed E-state index contributed by atoms with van der Waals surface area (Å²) in [4.78, 5) is 18.7. The van der Waals surface area contributed by atoms with Crippen LogP contribution in [-0.4, -0.2) is 55.9 Å². The lowest BCUT2D eigenvalue weighted by atomic mass is 10.2. The number of aliphatic imine (C=N–C) groups is 1. The van der Waals surface area contributed by atoms with Crippen molar-refractivity contribution in [3.05, 3.63) is 54.3 Å². The number of ether oxygens (including phenoxy) is 1. The Morgan fingerprint density at radius 2 is 2.07 bits per heavy atom. The van der Waals surface area contributed by atoms with Gasteiger partial charge in [-0.3, -0.25) is 9.79 Å². The first-order valence-electron chi connectivity index (χ1n) is 9.25. The van der Waals surface area contributed by atoms with Crippen molar-refractivity contribution >= 4 is 44.0 Å². The molecule has 0 aliphatic carbocycles. The van der Waals surface area contributed by atoms with E-state index in [9.17, 15) is 17.6 Å². The lowest BCUT2D eigenvalue weighted by Crippen LogP contribution is -2.37. The fraction of sp³-hybridized carbons (Fsp3) is 0.300. The van der Waals surface area contributed by atoms with Gasteiger partial charge in [0.2, 0.25) is 5.91 Å². The van der Waals surface area contributed by atoms with E-state index in [2.05, 4.69) is 10.3 Å². The van der Waals surface area contributed by atoms with Gasteiger partial charge in [-0.05, 0) is 24.3 Å². The maximum atomic E-state index is 14.5. The smallest absolute Gasteiger partial charge is 0.244 e. The van der Waals surface area contributed by atoms with Crippen molar-refractivity contribution in [2.24, 2.45) is 4.99 Å². The lowest BCUT2D eigenvalue weighted by molar-refractivity contribution is -0.114. The SMILES string of the molecule is COc1cccc(NC(=O)CN(C2=N[C@H]3CS(=O)(=O)C[C@@H]3S2)c2ccccc2F)c1. The molecule has 4 rings (SSSR count). The van der Waals surface area contributed by atoms with Gasteiger partial charge in [-0.25, -0.2) is 12.8 Å². The van der Waals surface area contributed by atoms with E-state index in [-0.39, 0.29) is 40.9 Å². The zero-order valence-corrected chi connectivity index (χ0v) is 17.7. The Balaban J connectivity index is 1.57. The fourth-order valence-corrected chi connectivity index (χ4v) is 7.22. The van der Waals surface area contributed by atoms with Gasteiger partial charge in [0.1, 0.15) is 18.1 Å². The minimum atomic E-state index is -3.11. The molecule has 1 N–H and O–H groups in total. The second-order valence-electron chi connectivity index (χ2n) is 7.03. The Hall–Kier alpha value is -2.59. The third-order valence-electron chi connectivity index (χ3n) is 4.83. The van der Waals surface area contributed by atoms with Gasteiger partial charge in [0, 0.05) is 17.0 Å². The molecule has 1 fully saturated rings. The normalized spacial score (nSPS) is 21.6. The average molecular weight is 450 g/mol. The Labute approximate surface area is 178 Å². The first kappa shape index (κ1) is 20.7. The number of nitrogens with one attached hydrogen (secondary N) is 1. The molecule has 10 heteroatoms. The average Bonchev–Trinajstić information content (AvgIpc) is 3.20. The number of nitrogens with zero attached hydrogens (tertiary/aromatic N) is 2. The van der Waals surface area contributed by atoms with Crippen LogP contribution in [0.1, 0.15) is 0 Å². The number of amidine groups is 1. The maximum absolute atomic E-state index is 14.5. The molecule has 2 aliphatic rings. The van der Waals surface area contributed by atoms with E-state index in [1.54, 1.807) is 42.5 Å². The first-order valence-corrected chi connectivity index (χ1v) is 12.0. The highest BCUT2D eigenvalue weighted by atomic mass is 32.2. The van der Waals surface area contributed by atoms with Crippen molar-refractivity contribution in [2.45, 2.75) is 11.3 Å². The number of amides is 1. The van der Waals surface area contributed by atoms with Gasteiger partial charge in [0.15, 0.2) is 15.0 Å². The van der Waals surface area contributed by atoms with Crippen molar-refractivity contribution in [2.75, 3.05) is 35.4 Å². The van der Waals surface area contributed by atoms with Crippen molar-refractivity contribution in [1.82, 2.24) is 0 Å². The molecule has 1 saturated heterocycles. The van der Waals surface area contributed by atoms with E-state index in [4.69, 9.17) is 4.74 Å². The van der Waals surface area contributed by atoms with E-state index < -0.39 is 15.7 Å². The number of fused-ring (bicyclic) bond motifs is 1. The predicted octanol–water partition coefficient (Wildman–Crippen LogP) is 2.55. The highest BCUT2D eigenvalue weighted by molar-refractivity contribution is 8.15. The number of benzene rings is 2. The molecular weight excluding hydrogens is 429 g/mol. The Kier molecular flexibility index (Phi) is 5.70. The van der Waals surface area contributed by atoms with Crippen LogP contribution in [0, 0.1) is 5.82 Å². The predicted molar refractivity (Wildman–Crippen MR) is 117 cm³/mol. The van der Waals surface area contributed by atoms with Crippen molar-refractivity contribution in [3.63, 3.8) is 0 Å². The number of thioether (sulfide) groups is 1. The molecule has 0 bridgehead atoms. The Morgan fingerprint density at radius 1 is 1.27 bits per heavy atom. The lowest BCUT2D eigenvalue weighted by Gasteiger charge is -2.24. The molecule has 0 radical (unpaired) electrons. The molecule has 2 atom stereocenters. The van der Waals surface area contributed by atoms with Gasteiger partial charge in [-0.2, -0.15) is 0 Å². The second-order valence-corrected chi connectivity index (χ2v) is 10.4. The van der Waals surface area contributed by atoms with Crippen molar-refractivity contribution < 1.29 is 22.3 Å². The monoisotopic (exact) mass is 449 g/mol. The van der Waals surface area contributed by atoms with Crippen LogP contribution in [0.25, 0.3) is 0 Å². The molecule has 2 aromatic rings. The van der Waals surface area contributed by atoms with Crippen LogP contribution < -0.4 is 15.0 Å². The standard InChI is InChI=1S/C20H20FN3O4S2/c1-28-14-6-4-5-13(9-14)22-19(25)10-24(17-8-3-2-7-15(17)21)20-23-16-11-30(26,27)12-18(16)29-20/h2-9,16,18H,10-12H2,1H3,(H,22,25)/t16-,18-/m0/s1. The van der Waals surface area contributed by atoms with Crippen molar-refractivity contribution in [3.8, 4) is 5.75 Å². The number of hydrogen-bond acceptors (Lipinski definition) is 7. The molecular formula is C20H20FN3O4S2. The maximum Gasteiger partial charge on any atom is 0.244 e. The minimum absolute atomic E-state index is 0.0186. The number of para-hydroxylation sites is 1. The number of rotatable bonds is 5. The van der Waals surface area contributed by atoms with Gasteiger partial charge in [-0.15, -0.1) is 0 Å². The molecule has 0 unspecified atom stereocenters. The van der Waals surface area contributed by atoms with E-state index in [0.29, 0.717) is 16.6 Å². The van der Waals surface area contributed by atoms with E-state index in [0.717, 1.165) is 0 Å². The first-order chi connectivity index (χ1) is 14.3. The van der Waals surface area contributed by atoms with Gasteiger partial charge < -0.3 is 15.0 Å². The van der Waals surface area contributed by atoms with Crippen molar-refractivity contribution in [1.29, 1.82) is 0 Å². The van der Waals surface area contributed by atoms with Crippen LogP contribution in [0.2, 0.25) is 0 Å². The highest BCUT2D eigenvalue weighted by Gasteiger charge is 2.44. The summed E-state index contributed by atoms with van der Waals surface area (Å²) in [5.74, 6) is -0.228. The third kappa shape index (κ3) is 4.44. The summed E-state index contributed by atoms with van der Waals surface area (Å²) in [5.41, 5.74) is 0.768. The number of carbonyl (C=O) groups is 1. The van der Waals surface area contributed by atoms with Crippen LogP contribution in [0.5, 0.6) is 5.75 Å². The Bertz CT molecular complexity index is 1110. The topological polar surface area (TPSA) is 88.1 Å². The zero-order valence-electron chi connectivity index (χ0n) is 16.1. The molecule has 2 aromatic carbocycles. The van der Waals surface area contributed by atoms with E-state index in [1.165, 1.54) is 29.8 Å². The van der Waals surface area contributed by atoms with Crippen LogP contribution in [0.15, 0.2) is 53.5 Å². The number of halogens is 1. The summed E-state index contributed by atoms with van der Waals surface area (Å²) in [7, 11) is -1.57. The minimum Gasteiger partial charge on any atom is -0.497 e. The van der Waals surface area contributed by atoms with Gasteiger partial charge in [-0.1, -0.05) is 30.0 Å². The molecule has 1 amide bonds. The number of anilines is 2. The molecule has 158 valence electrons. The number of carbonyl (C=O) groups excluding carboxylic acids is 1. The molecule has 0 saturated carbocycles. The summed E-state index contributed by atoms with van der Waals surface area (Å²) in [6.07, 6.45) is 0. The van der Waals surface area contributed by atoms with Crippen LogP contribution in [-0.2, 0) is 14.6 Å². The summed E-state index contributed by atoms with van der Waals surface area (Å²) in [6, 6.07) is 12.7. The quantitative estimate of drug-likeness (QED) is 0.755. The molecule has 0 aromatic heterocycles. The van der Waals surface area contributed by atoms with Gasteiger partial charge in [0.25, 0.3) is 0 Å². The zero-order chi connectivity index (χ0) is 21.3. The van der Waals surface area contributed by atoms with Crippen LogP contribution >= 0.6 is 11.8 Å². The van der Waals surface area contributed by atoms with E-state index in [1.807, 2.05) is 0 Å². The molecule has 0 spiro atoms. The largest absolute Gasteiger partial charge is 0.497 e. The Morgan fingerprint density at radius 3 is 2.80 bits per heavy atom. The van der Waals surface area contributed by atoms with Gasteiger partial charge in [0.05, 0.1) is 30.3 Å². The van der Waals surface area contributed by atoms with Crippen LogP contribution in [0.3, 0.4) is 0 Å². The number of methoxy groups -OCH3 is 1. The van der Waals surface area contributed by atoms with Crippen LogP contribution in [0.4, 0.5) is 15.8 Å². The third-order valence-corrected chi connectivity index (χ3v) is 8.08. The molecule has 30 heavy (non-hydrogen) atoms.